The van der Waals surface area contributed by atoms with Gasteiger partial charge in [-0.1, -0.05) is 15.9 Å². The van der Waals surface area contributed by atoms with E-state index in [2.05, 4.69) is 20.9 Å². The first-order valence-electron chi connectivity index (χ1n) is 5.61. The molecule has 0 aliphatic carbocycles. The minimum atomic E-state index is -4.22. The van der Waals surface area contributed by atoms with Crippen LogP contribution < -0.4 is 0 Å². The van der Waals surface area contributed by atoms with E-state index in [1.54, 1.807) is 22.8 Å². The fraction of sp³-hybridized carbons (Fsp3) is 0.417. The van der Waals surface area contributed by atoms with E-state index >= 15 is 0 Å². The van der Waals surface area contributed by atoms with Crippen LogP contribution in [0.3, 0.4) is 0 Å². The lowest BCUT2D eigenvalue weighted by molar-refractivity contribution is -0.141. The predicted molar refractivity (Wildman–Crippen MR) is 72.4 cm³/mol. The maximum Gasteiger partial charge on any atom is 0.391 e. The minimum Gasteiger partial charge on any atom is -0.324 e. The van der Waals surface area contributed by atoms with Gasteiger partial charge in [-0.2, -0.15) is 13.2 Å². The molecule has 104 valence electrons. The van der Waals surface area contributed by atoms with Crippen LogP contribution in [0.2, 0.25) is 0 Å². The molecule has 19 heavy (non-hydrogen) atoms. The number of rotatable bonds is 3. The summed E-state index contributed by atoms with van der Waals surface area (Å²) < 4.78 is 40.0. The van der Waals surface area contributed by atoms with Crippen LogP contribution in [0.5, 0.6) is 0 Å². The summed E-state index contributed by atoms with van der Waals surface area (Å²) in [6, 6.07) is 4.57. The van der Waals surface area contributed by atoms with Gasteiger partial charge in [-0.05, 0) is 25.1 Å². The van der Waals surface area contributed by atoms with Gasteiger partial charge in [0.25, 0.3) is 0 Å². The van der Waals surface area contributed by atoms with Crippen LogP contribution in [-0.4, -0.2) is 15.7 Å². The Labute approximate surface area is 121 Å². The van der Waals surface area contributed by atoms with Gasteiger partial charge < -0.3 is 4.57 Å². The first-order chi connectivity index (χ1) is 8.81. The zero-order valence-corrected chi connectivity index (χ0v) is 12.3. The number of hydrogen-bond acceptors (Lipinski definition) is 1. The summed E-state index contributed by atoms with van der Waals surface area (Å²) in [7, 11) is 0. The number of imidazole rings is 1. The molecule has 0 aliphatic heterocycles. The fourth-order valence-electron chi connectivity index (χ4n) is 2.13. The van der Waals surface area contributed by atoms with Gasteiger partial charge in [0.05, 0.1) is 23.3 Å². The predicted octanol–water partition coefficient (Wildman–Crippen LogP) is 5.05. The van der Waals surface area contributed by atoms with Crippen molar-refractivity contribution in [1.82, 2.24) is 9.55 Å². The molecule has 2 aromatic rings. The van der Waals surface area contributed by atoms with Gasteiger partial charge in [-0.15, -0.1) is 11.6 Å². The normalized spacial score (nSPS) is 14.0. The average molecular weight is 356 g/mol. The number of benzene rings is 1. The molecule has 2 rings (SSSR count). The van der Waals surface area contributed by atoms with Crippen LogP contribution in [0.15, 0.2) is 22.7 Å². The topological polar surface area (TPSA) is 17.8 Å². The molecule has 0 saturated heterocycles. The van der Waals surface area contributed by atoms with Gasteiger partial charge in [0.2, 0.25) is 0 Å². The van der Waals surface area contributed by atoms with Crippen LogP contribution in [0.25, 0.3) is 11.0 Å². The molecule has 0 bridgehead atoms. The van der Waals surface area contributed by atoms with E-state index in [-0.39, 0.29) is 5.88 Å². The van der Waals surface area contributed by atoms with Crippen molar-refractivity contribution < 1.29 is 13.2 Å². The third kappa shape index (κ3) is 3.23. The quantitative estimate of drug-likeness (QED) is 0.704. The number of alkyl halides is 4. The molecule has 0 radical (unpaired) electrons. The Balaban J connectivity index is 2.53. The second kappa shape index (κ2) is 5.32. The molecule has 1 atom stereocenters. The summed E-state index contributed by atoms with van der Waals surface area (Å²) in [6.07, 6.45) is -5.12. The number of nitrogens with zero attached hydrogens (tertiary/aromatic N) is 2. The third-order valence-corrected chi connectivity index (χ3v) is 3.54. The maximum absolute atomic E-state index is 12.5. The summed E-state index contributed by atoms with van der Waals surface area (Å²) in [5.74, 6) is 0.528. The average Bonchev–Trinajstić information content (AvgIpc) is 2.64. The molecular weight excluding hydrogens is 344 g/mol. The highest BCUT2D eigenvalue weighted by Gasteiger charge is 2.32. The highest BCUT2D eigenvalue weighted by atomic mass is 79.9. The van der Waals surface area contributed by atoms with Crippen LogP contribution >= 0.6 is 27.5 Å². The molecule has 2 nitrogen and oxygen atoms in total. The Bertz CT molecular complexity index is 594. The summed E-state index contributed by atoms with van der Waals surface area (Å²) in [6.45, 7) is 1.52. The zero-order valence-electron chi connectivity index (χ0n) is 10.0. The fourth-order valence-corrected chi connectivity index (χ4v) is 2.67. The molecule has 0 saturated carbocycles. The molecule has 7 heteroatoms. The molecule has 1 aromatic heterocycles. The van der Waals surface area contributed by atoms with Gasteiger partial charge in [0.15, 0.2) is 0 Å². The van der Waals surface area contributed by atoms with Crippen molar-refractivity contribution in [2.24, 2.45) is 0 Å². The standard InChI is InChI=1S/C12H11BrClF3N2/c1-7(5-12(15,16)17)19-10-4-8(13)2-3-9(10)18-11(19)6-14/h2-4,7H,5-6H2,1H3. The van der Waals surface area contributed by atoms with Crippen LogP contribution in [0.4, 0.5) is 13.2 Å². The Morgan fingerprint density at radius 1 is 1.42 bits per heavy atom. The summed E-state index contributed by atoms with van der Waals surface area (Å²) in [5, 5.41) is 0. The van der Waals surface area contributed by atoms with Crippen molar-refractivity contribution in [3.05, 3.63) is 28.5 Å². The second-order valence-corrected chi connectivity index (χ2v) is 5.52. The van der Waals surface area contributed by atoms with Crippen LogP contribution in [0, 0.1) is 0 Å². The van der Waals surface area contributed by atoms with Crippen molar-refractivity contribution in [3.63, 3.8) is 0 Å². The highest BCUT2D eigenvalue weighted by Crippen LogP contribution is 2.32. The van der Waals surface area contributed by atoms with E-state index in [0.717, 1.165) is 4.47 Å². The molecule has 0 aliphatic rings. The second-order valence-electron chi connectivity index (χ2n) is 4.33. The summed E-state index contributed by atoms with van der Waals surface area (Å²) in [5.41, 5.74) is 1.30. The van der Waals surface area contributed by atoms with Gasteiger partial charge in [0.1, 0.15) is 5.82 Å². The molecule has 1 aromatic carbocycles. The number of fused-ring (bicyclic) bond motifs is 1. The van der Waals surface area contributed by atoms with Crippen LogP contribution in [0.1, 0.15) is 25.2 Å². The van der Waals surface area contributed by atoms with Gasteiger partial charge >= 0.3 is 6.18 Å². The third-order valence-electron chi connectivity index (χ3n) is 2.81. The lowest BCUT2D eigenvalue weighted by Crippen LogP contribution is -2.17. The first-order valence-corrected chi connectivity index (χ1v) is 6.93. The monoisotopic (exact) mass is 354 g/mol. The van der Waals surface area contributed by atoms with E-state index < -0.39 is 18.6 Å². The van der Waals surface area contributed by atoms with Crippen molar-refractivity contribution in [2.45, 2.75) is 31.4 Å². The largest absolute Gasteiger partial charge is 0.391 e. The SMILES string of the molecule is CC(CC(F)(F)F)n1c(CCl)nc2ccc(Br)cc21. The minimum absolute atomic E-state index is 0.0779. The number of hydrogen-bond donors (Lipinski definition) is 0. The van der Waals surface area contributed by atoms with Crippen molar-refractivity contribution in [1.29, 1.82) is 0 Å². The number of halogens is 5. The molecular formula is C12H11BrClF3N2. The van der Waals surface area contributed by atoms with E-state index in [1.807, 2.05) is 0 Å². The Morgan fingerprint density at radius 3 is 2.68 bits per heavy atom. The van der Waals surface area contributed by atoms with Crippen molar-refractivity contribution >= 4 is 38.6 Å². The Kier molecular flexibility index (Phi) is 4.11. The molecule has 1 heterocycles. The zero-order chi connectivity index (χ0) is 14.2. The molecule has 0 fully saturated rings. The Morgan fingerprint density at radius 2 is 2.11 bits per heavy atom. The Hall–Kier alpha value is -0.750. The van der Waals surface area contributed by atoms with Crippen molar-refractivity contribution in [2.75, 3.05) is 0 Å². The lowest BCUT2D eigenvalue weighted by atomic mass is 10.2. The number of aromatic nitrogens is 2. The molecule has 1 unspecified atom stereocenters. The van der Waals surface area contributed by atoms with E-state index in [1.165, 1.54) is 6.92 Å². The first kappa shape index (κ1) is 14.7. The molecule has 0 spiro atoms. The van der Waals surface area contributed by atoms with E-state index in [4.69, 9.17) is 11.6 Å². The lowest BCUT2D eigenvalue weighted by Gasteiger charge is -2.18. The van der Waals surface area contributed by atoms with Crippen molar-refractivity contribution in [3.8, 4) is 0 Å². The van der Waals surface area contributed by atoms with Gasteiger partial charge in [0, 0.05) is 10.5 Å². The highest BCUT2D eigenvalue weighted by molar-refractivity contribution is 9.10. The van der Waals surface area contributed by atoms with E-state index in [0.29, 0.717) is 16.9 Å². The van der Waals surface area contributed by atoms with Gasteiger partial charge in [-0.25, -0.2) is 4.98 Å². The molecule has 0 N–H and O–H groups in total. The smallest absolute Gasteiger partial charge is 0.324 e. The summed E-state index contributed by atoms with van der Waals surface area (Å²) >= 11 is 9.09. The van der Waals surface area contributed by atoms with E-state index in [9.17, 15) is 13.2 Å². The van der Waals surface area contributed by atoms with Gasteiger partial charge in [-0.3, -0.25) is 0 Å². The van der Waals surface area contributed by atoms with Crippen LogP contribution in [-0.2, 0) is 5.88 Å². The summed E-state index contributed by atoms with van der Waals surface area (Å²) in [4.78, 5) is 4.27. The maximum atomic E-state index is 12.5. The molecule has 0 amide bonds.